The molecule has 0 spiro atoms. The molecule has 2 aliphatic rings. The van der Waals surface area contributed by atoms with Crippen LogP contribution in [0.25, 0.3) is 0 Å². The summed E-state index contributed by atoms with van der Waals surface area (Å²) in [4.78, 5) is 26.5. The summed E-state index contributed by atoms with van der Waals surface area (Å²) in [6.45, 7) is 8.02. The van der Waals surface area contributed by atoms with Crippen LogP contribution in [0.3, 0.4) is 0 Å². The van der Waals surface area contributed by atoms with Crippen LogP contribution in [0.4, 0.5) is 0 Å². The van der Waals surface area contributed by atoms with E-state index in [0.717, 1.165) is 25.9 Å². The van der Waals surface area contributed by atoms with E-state index in [1.807, 2.05) is 6.92 Å². The molecule has 0 aromatic rings. The lowest BCUT2D eigenvalue weighted by Gasteiger charge is -2.39. The molecule has 1 heterocycles. The number of rotatable bonds is 8. The summed E-state index contributed by atoms with van der Waals surface area (Å²) in [5, 5.41) is 2.86. The molecule has 1 saturated heterocycles. The first-order valence-corrected chi connectivity index (χ1v) is 8.23. The van der Waals surface area contributed by atoms with Gasteiger partial charge in [0, 0.05) is 13.2 Å². The lowest BCUT2D eigenvalue weighted by Crippen LogP contribution is -2.64. The lowest BCUT2D eigenvalue weighted by atomic mass is 10.0. The van der Waals surface area contributed by atoms with Crippen LogP contribution in [0.1, 0.15) is 46.5 Å². The second-order valence-electron chi connectivity index (χ2n) is 6.58. The molecule has 0 aromatic carbocycles. The maximum absolute atomic E-state index is 12.5. The zero-order chi connectivity index (χ0) is 15.4. The number of nitrogens with zero attached hydrogens (tertiary/aromatic N) is 1. The van der Waals surface area contributed by atoms with Gasteiger partial charge in [0.1, 0.15) is 12.1 Å². The van der Waals surface area contributed by atoms with Gasteiger partial charge in [0.25, 0.3) is 0 Å². The minimum Gasteiger partial charge on any atom is -0.380 e. The van der Waals surface area contributed by atoms with Gasteiger partial charge in [-0.2, -0.15) is 0 Å². The van der Waals surface area contributed by atoms with Gasteiger partial charge in [-0.05, 0) is 37.5 Å². The van der Waals surface area contributed by atoms with Crippen LogP contribution in [-0.4, -0.2) is 48.6 Å². The Morgan fingerprint density at radius 1 is 1.29 bits per heavy atom. The summed E-state index contributed by atoms with van der Waals surface area (Å²) < 4.78 is 5.62. The van der Waals surface area contributed by atoms with Crippen molar-refractivity contribution in [2.45, 2.75) is 58.5 Å². The predicted molar refractivity (Wildman–Crippen MR) is 80.7 cm³/mol. The number of carbonyl (C=O) groups excluding carboxylic acids is 2. The molecule has 5 heteroatoms. The third kappa shape index (κ3) is 4.19. The fourth-order valence-corrected chi connectivity index (χ4v) is 2.79. The molecular weight excluding hydrogens is 268 g/mol. The van der Waals surface area contributed by atoms with Gasteiger partial charge in [-0.3, -0.25) is 9.59 Å². The Morgan fingerprint density at radius 3 is 2.57 bits per heavy atom. The smallest absolute Gasteiger partial charge is 0.245 e. The molecule has 0 aromatic heterocycles. The second-order valence-corrected chi connectivity index (χ2v) is 6.58. The molecule has 2 atom stereocenters. The van der Waals surface area contributed by atoms with Crippen LogP contribution >= 0.6 is 0 Å². The summed E-state index contributed by atoms with van der Waals surface area (Å²) in [5.74, 6) is 1.05. The van der Waals surface area contributed by atoms with Crippen LogP contribution in [0.5, 0.6) is 0 Å². The van der Waals surface area contributed by atoms with Gasteiger partial charge in [0.2, 0.25) is 11.8 Å². The number of amides is 2. The molecule has 2 amide bonds. The highest BCUT2D eigenvalue weighted by molar-refractivity contribution is 5.97. The van der Waals surface area contributed by atoms with Crippen molar-refractivity contribution in [3.05, 3.63) is 0 Å². The van der Waals surface area contributed by atoms with Gasteiger partial charge in [-0.1, -0.05) is 20.8 Å². The molecule has 21 heavy (non-hydrogen) atoms. The molecule has 5 nitrogen and oxygen atoms in total. The van der Waals surface area contributed by atoms with E-state index in [0.29, 0.717) is 31.4 Å². The Hall–Kier alpha value is -1.10. The molecule has 2 unspecified atom stereocenters. The Kier molecular flexibility index (Phi) is 5.62. The van der Waals surface area contributed by atoms with Crippen molar-refractivity contribution >= 4 is 11.8 Å². The minimum atomic E-state index is -0.358. The van der Waals surface area contributed by atoms with Crippen LogP contribution in [-0.2, 0) is 14.3 Å². The largest absolute Gasteiger partial charge is 0.380 e. The van der Waals surface area contributed by atoms with Crippen LogP contribution in [0.2, 0.25) is 0 Å². The molecule has 1 aliphatic carbocycles. The zero-order valence-corrected chi connectivity index (χ0v) is 13.4. The fraction of sp³-hybridized carbons (Fsp3) is 0.875. The number of carbonyl (C=O) groups is 2. The van der Waals surface area contributed by atoms with Gasteiger partial charge in [-0.15, -0.1) is 0 Å². The van der Waals surface area contributed by atoms with E-state index in [1.54, 1.807) is 4.90 Å². The number of nitrogens with one attached hydrogen (secondary N) is 1. The maximum atomic E-state index is 12.5. The van der Waals surface area contributed by atoms with E-state index in [9.17, 15) is 9.59 Å². The standard InChI is InChI=1S/C16H28N2O3/c1-4-13-16(20)18(8-10-21-9-7-11(2)3)14(12-5-6-12)15(19)17-13/h11-14H,4-10H2,1-3H3,(H,17,19). The van der Waals surface area contributed by atoms with Crippen LogP contribution < -0.4 is 5.32 Å². The topological polar surface area (TPSA) is 58.6 Å². The first-order valence-electron chi connectivity index (χ1n) is 8.23. The molecule has 1 saturated carbocycles. The highest BCUT2D eigenvalue weighted by atomic mass is 16.5. The Balaban J connectivity index is 1.88. The molecule has 0 radical (unpaired) electrons. The number of hydrogen-bond acceptors (Lipinski definition) is 3. The molecule has 2 rings (SSSR count). The lowest BCUT2D eigenvalue weighted by molar-refractivity contribution is -0.151. The van der Waals surface area contributed by atoms with Gasteiger partial charge in [-0.25, -0.2) is 0 Å². The maximum Gasteiger partial charge on any atom is 0.245 e. The quantitative estimate of drug-likeness (QED) is 0.692. The average molecular weight is 296 g/mol. The monoisotopic (exact) mass is 296 g/mol. The van der Waals surface area contributed by atoms with E-state index >= 15 is 0 Å². The van der Waals surface area contributed by atoms with E-state index < -0.39 is 0 Å². The highest BCUT2D eigenvalue weighted by Gasteiger charge is 2.47. The van der Waals surface area contributed by atoms with Gasteiger partial charge < -0.3 is 15.0 Å². The summed E-state index contributed by atoms with van der Waals surface area (Å²) in [6, 6.07) is -0.628. The number of ether oxygens (including phenoxy) is 1. The van der Waals surface area contributed by atoms with Crippen molar-refractivity contribution < 1.29 is 14.3 Å². The number of hydrogen-bond donors (Lipinski definition) is 1. The Bertz CT molecular complexity index is 380. The van der Waals surface area contributed by atoms with Gasteiger partial charge >= 0.3 is 0 Å². The zero-order valence-electron chi connectivity index (χ0n) is 13.4. The summed E-state index contributed by atoms with van der Waals surface area (Å²) >= 11 is 0. The summed E-state index contributed by atoms with van der Waals surface area (Å²) in [5.41, 5.74) is 0. The predicted octanol–water partition coefficient (Wildman–Crippen LogP) is 1.56. The first kappa shape index (κ1) is 16.3. The first-order chi connectivity index (χ1) is 10.0. The third-order valence-corrected chi connectivity index (χ3v) is 4.29. The second kappa shape index (κ2) is 7.25. The van der Waals surface area contributed by atoms with Crippen molar-refractivity contribution in [3.8, 4) is 0 Å². The van der Waals surface area contributed by atoms with E-state index in [4.69, 9.17) is 4.74 Å². The normalized spacial score (nSPS) is 26.4. The van der Waals surface area contributed by atoms with Crippen LogP contribution in [0.15, 0.2) is 0 Å². The molecule has 0 bridgehead atoms. The van der Waals surface area contributed by atoms with Crippen molar-refractivity contribution in [2.75, 3.05) is 19.8 Å². The van der Waals surface area contributed by atoms with Crippen molar-refractivity contribution in [1.82, 2.24) is 10.2 Å². The SMILES string of the molecule is CCC1NC(=O)C(C2CC2)N(CCOCCC(C)C)C1=O. The molecule has 1 aliphatic heterocycles. The van der Waals surface area contributed by atoms with Crippen molar-refractivity contribution in [1.29, 1.82) is 0 Å². The van der Waals surface area contributed by atoms with Gasteiger partial charge in [0.05, 0.1) is 6.61 Å². The minimum absolute atomic E-state index is 0.0196. The van der Waals surface area contributed by atoms with Gasteiger partial charge in [0.15, 0.2) is 0 Å². The van der Waals surface area contributed by atoms with E-state index in [2.05, 4.69) is 19.2 Å². The van der Waals surface area contributed by atoms with Crippen molar-refractivity contribution in [3.63, 3.8) is 0 Å². The third-order valence-electron chi connectivity index (χ3n) is 4.29. The van der Waals surface area contributed by atoms with E-state index in [-0.39, 0.29) is 23.9 Å². The fourth-order valence-electron chi connectivity index (χ4n) is 2.79. The Labute approximate surface area is 127 Å². The molecule has 120 valence electrons. The van der Waals surface area contributed by atoms with Crippen LogP contribution in [0, 0.1) is 11.8 Å². The molecule has 1 N–H and O–H groups in total. The highest BCUT2D eigenvalue weighted by Crippen LogP contribution is 2.37. The summed E-state index contributed by atoms with van der Waals surface area (Å²) in [6.07, 6.45) is 3.77. The molecule has 2 fully saturated rings. The molecular formula is C16H28N2O3. The van der Waals surface area contributed by atoms with E-state index in [1.165, 1.54) is 0 Å². The summed E-state index contributed by atoms with van der Waals surface area (Å²) in [7, 11) is 0. The Morgan fingerprint density at radius 2 is 2.00 bits per heavy atom. The van der Waals surface area contributed by atoms with Crippen molar-refractivity contribution in [2.24, 2.45) is 11.8 Å². The average Bonchev–Trinajstić information content (AvgIpc) is 3.25. The number of piperazine rings is 1.